The average molecular weight is 320 g/mol. The maximum Gasteiger partial charge on any atom is 0.334 e. The number of nitrogens with zero attached hydrogens (tertiary/aromatic N) is 2. The summed E-state index contributed by atoms with van der Waals surface area (Å²) in [6, 6.07) is -0.279. The van der Waals surface area contributed by atoms with Gasteiger partial charge in [0.1, 0.15) is 0 Å². The van der Waals surface area contributed by atoms with Gasteiger partial charge in [0.05, 0.1) is 24.7 Å². The van der Waals surface area contributed by atoms with Crippen LogP contribution in [0.4, 0.5) is 0 Å². The van der Waals surface area contributed by atoms with Gasteiger partial charge in [-0.3, -0.25) is 9.69 Å². The first-order valence-electron chi connectivity index (χ1n) is 6.81. The average Bonchev–Trinajstić information content (AvgIpc) is 2.78. The first kappa shape index (κ1) is 16.2. The number of rotatable bonds is 4. The molecule has 0 saturated carbocycles. The molecular formula is C12H20N2O6S. The van der Waals surface area contributed by atoms with Crippen molar-refractivity contribution in [2.45, 2.75) is 18.6 Å². The van der Waals surface area contributed by atoms with Gasteiger partial charge in [-0.15, -0.1) is 0 Å². The van der Waals surface area contributed by atoms with Crippen molar-refractivity contribution in [1.29, 1.82) is 0 Å². The normalized spacial score (nSPS) is 29.2. The maximum atomic E-state index is 12.2. The van der Waals surface area contributed by atoms with Crippen LogP contribution in [-0.2, 0) is 24.2 Å². The molecule has 2 rings (SSSR count). The fraction of sp³-hybridized carbons (Fsp3) is 0.833. The van der Waals surface area contributed by atoms with Gasteiger partial charge in [0.2, 0.25) is 5.91 Å². The molecule has 0 aliphatic carbocycles. The molecule has 0 aromatic carbocycles. The van der Waals surface area contributed by atoms with Crippen LogP contribution in [0.3, 0.4) is 0 Å². The fourth-order valence-corrected chi connectivity index (χ4v) is 4.36. The van der Waals surface area contributed by atoms with Crippen LogP contribution >= 0.6 is 0 Å². The molecule has 2 atom stereocenters. The van der Waals surface area contributed by atoms with Gasteiger partial charge in [-0.25, -0.2) is 13.2 Å². The summed E-state index contributed by atoms with van der Waals surface area (Å²) >= 11 is 0. The molecular weight excluding hydrogens is 300 g/mol. The monoisotopic (exact) mass is 320 g/mol. The number of carbonyl (C=O) groups excluding carboxylic acids is 1. The van der Waals surface area contributed by atoms with Crippen LogP contribution in [0.1, 0.15) is 6.42 Å². The number of carboxylic acids is 1. The summed E-state index contributed by atoms with van der Waals surface area (Å²) in [5.74, 6) is -1.10. The van der Waals surface area contributed by atoms with Gasteiger partial charge < -0.3 is 14.7 Å². The number of ether oxygens (including phenoxy) is 1. The van der Waals surface area contributed by atoms with E-state index in [1.807, 2.05) is 0 Å². The molecule has 9 heteroatoms. The summed E-state index contributed by atoms with van der Waals surface area (Å²) in [6.07, 6.45) is -0.450. The lowest BCUT2D eigenvalue weighted by atomic mass is 10.2. The smallest absolute Gasteiger partial charge is 0.334 e. The minimum Gasteiger partial charge on any atom is -0.479 e. The van der Waals surface area contributed by atoms with E-state index in [9.17, 15) is 18.0 Å². The first-order valence-corrected chi connectivity index (χ1v) is 8.63. The van der Waals surface area contributed by atoms with Crippen molar-refractivity contribution in [2.75, 3.05) is 44.8 Å². The molecule has 1 amide bonds. The molecule has 2 aliphatic heterocycles. The van der Waals surface area contributed by atoms with Gasteiger partial charge in [-0.05, 0) is 6.42 Å². The number of carboxylic acid groups (broad SMARTS) is 1. The van der Waals surface area contributed by atoms with E-state index in [4.69, 9.17) is 9.84 Å². The Labute approximate surface area is 123 Å². The van der Waals surface area contributed by atoms with E-state index in [0.717, 1.165) is 0 Å². The van der Waals surface area contributed by atoms with Crippen molar-refractivity contribution in [1.82, 2.24) is 9.80 Å². The largest absolute Gasteiger partial charge is 0.479 e. The maximum absolute atomic E-state index is 12.2. The number of aliphatic carboxylic acids is 1. The Kier molecular flexibility index (Phi) is 4.84. The van der Waals surface area contributed by atoms with Crippen molar-refractivity contribution >= 4 is 21.7 Å². The molecule has 8 nitrogen and oxygen atoms in total. The molecule has 2 unspecified atom stereocenters. The third-order valence-electron chi connectivity index (χ3n) is 3.93. The molecule has 1 N–H and O–H groups in total. The van der Waals surface area contributed by atoms with Crippen LogP contribution in [0.5, 0.6) is 0 Å². The molecule has 120 valence electrons. The molecule has 2 aliphatic rings. The summed E-state index contributed by atoms with van der Waals surface area (Å²) in [5, 5.41) is 8.92. The van der Waals surface area contributed by atoms with Crippen LogP contribution in [0.2, 0.25) is 0 Å². The summed E-state index contributed by atoms with van der Waals surface area (Å²) in [6.45, 7) is 1.01. The Morgan fingerprint density at radius 2 is 2.14 bits per heavy atom. The van der Waals surface area contributed by atoms with Gasteiger partial charge in [-0.2, -0.15) is 0 Å². The van der Waals surface area contributed by atoms with Crippen molar-refractivity contribution in [3.63, 3.8) is 0 Å². The minimum absolute atomic E-state index is 0.0100. The molecule has 0 radical (unpaired) electrons. The predicted octanol–water partition coefficient (Wildman–Crippen LogP) is -1.58. The van der Waals surface area contributed by atoms with Gasteiger partial charge in [-0.1, -0.05) is 0 Å². The summed E-state index contributed by atoms with van der Waals surface area (Å²) in [4.78, 5) is 26.3. The molecule has 2 fully saturated rings. The summed E-state index contributed by atoms with van der Waals surface area (Å²) in [5.41, 5.74) is 0. The van der Waals surface area contributed by atoms with E-state index in [1.165, 1.54) is 4.90 Å². The fourth-order valence-electron chi connectivity index (χ4n) is 2.58. The van der Waals surface area contributed by atoms with Crippen molar-refractivity contribution < 1.29 is 27.9 Å². The predicted molar refractivity (Wildman–Crippen MR) is 73.6 cm³/mol. The minimum atomic E-state index is -3.03. The zero-order valence-corrected chi connectivity index (χ0v) is 12.7. The van der Waals surface area contributed by atoms with Crippen molar-refractivity contribution in [3.8, 4) is 0 Å². The first-order chi connectivity index (χ1) is 9.78. The van der Waals surface area contributed by atoms with E-state index in [2.05, 4.69) is 0 Å². The second-order valence-corrected chi connectivity index (χ2v) is 7.72. The highest BCUT2D eigenvalue weighted by Gasteiger charge is 2.34. The van der Waals surface area contributed by atoms with Crippen LogP contribution in [-0.4, -0.2) is 92.1 Å². The molecule has 2 saturated heterocycles. The topological polar surface area (TPSA) is 104 Å². The zero-order valence-electron chi connectivity index (χ0n) is 11.9. The highest BCUT2D eigenvalue weighted by Crippen LogP contribution is 2.17. The quantitative estimate of drug-likeness (QED) is 0.666. The number of sulfone groups is 1. The second-order valence-electron chi connectivity index (χ2n) is 5.49. The van der Waals surface area contributed by atoms with Gasteiger partial charge in [0, 0.05) is 26.2 Å². The standard InChI is InChI=1S/C12H20N2O6S/c1-13(9-2-5-21(18,19)8-9)11(15)7-14-3-4-20-10(6-14)12(16)17/h9-10H,2-8H2,1H3,(H,16,17). The van der Waals surface area contributed by atoms with Crippen molar-refractivity contribution in [2.24, 2.45) is 0 Å². The van der Waals surface area contributed by atoms with Crippen LogP contribution in [0, 0.1) is 0 Å². The van der Waals surface area contributed by atoms with Crippen LogP contribution in [0.25, 0.3) is 0 Å². The second kappa shape index (κ2) is 6.29. The molecule has 0 bridgehead atoms. The number of hydrogen-bond donors (Lipinski definition) is 1. The van der Waals surface area contributed by atoms with Crippen LogP contribution < -0.4 is 0 Å². The molecule has 0 aromatic rings. The van der Waals surface area contributed by atoms with E-state index in [1.54, 1.807) is 11.9 Å². The molecule has 2 heterocycles. The number of hydrogen-bond acceptors (Lipinski definition) is 6. The number of carbonyl (C=O) groups is 2. The summed E-state index contributed by atoms with van der Waals surface area (Å²) < 4.78 is 28.0. The number of likely N-dealkylation sites (N-methyl/N-ethyl adjacent to an activating group) is 1. The Morgan fingerprint density at radius 3 is 2.71 bits per heavy atom. The lowest BCUT2D eigenvalue weighted by Gasteiger charge is -2.32. The summed E-state index contributed by atoms with van der Waals surface area (Å²) in [7, 11) is -1.43. The molecule has 0 aromatic heterocycles. The lowest BCUT2D eigenvalue weighted by molar-refractivity contribution is -0.157. The molecule has 21 heavy (non-hydrogen) atoms. The highest BCUT2D eigenvalue weighted by atomic mass is 32.2. The van der Waals surface area contributed by atoms with Gasteiger partial charge >= 0.3 is 5.97 Å². The SMILES string of the molecule is CN(C(=O)CN1CCOC(C(=O)O)C1)C1CCS(=O)(=O)C1. The Bertz CT molecular complexity index is 520. The van der Waals surface area contributed by atoms with E-state index < -0.39 is 21.9 Å². The zero-order chi connectivity index (χ0) is 15.6. The third-order valence-corrected chi connectivity index (χ3v) is 5.68. The van der Waals surface area contributed by atoms with E-state index in [-0.39, 0.29) is 43.2 Å². The van der Waals surface area contributed by atoms with Gasteiger partial charge in [0.15, 0.2) is 15.9 Å². The number of amides is 1. The number of morpholine rings is 1. The van der Waals surface area contributed by atoms with Crippen molar-refractivity contribution in [3.05, 3.63) is 0 Å². The van der Waals surface area contributed by atoms with Gasteiger partial charge in [0.25, 0.3) is 0 Å². The Balaban J connectivity index is 1.87. The lowest BCUT2D eigenvalue weighted by Crippen LogP contribution is -2.50. The Morgan fingerprint density at radius 1 is 1.43 bits per heavy atom. The third kappa shape index (κ3) is 4.14. The van der Waals surface area contributed by atoms with E-state index in [0.29, 0.717) is 13.0 Å². The van der Waals surface area contributed by atoms with Crippen LogP contribution in [0.15, 0.2) is 0 Å². The highest BCUT2D eigenvalue weighted by molar-refractivity contribution is 7.91. The molecule has 0 spiro atoms. The Hall–Kier alpha value is -1.19. The van der Waals surface area contributed by atoms with E-state index >= 15 is 0 Å².